The zero-order valence-electron chi connectivity index (χ0n) is 68.8. The highest BCUT2D eigenvalue weighted by atomic mass is 31.2. The molecule has 0 spiro atoms. The van der Waals surface area contributed by atoms with Gasteiger partial charge >= 0.3 is 15.6 Å². The van der Waals surface area contributed by atoms with Crippen LogP contribution in [0.25, 0.3) is 0 Å². The van der Waals surface area contributed by atoms with Gasteiger partial charge in [0.15, 0.2) is 18.9 Å². The Morgan fingerprint density at radius 1 is 0.269 bits per heavy atom. The Morgan fingerprint density at radius 3 is 0.765 bits per heavy atom. The standard InChI is InChI=1S/C81H88O22P2.2C6H15N/c82-70-67(55-88-46-58-28-10-1-11-29-58)98-80(77(95-53-65-42-24-8-25-43-65)73(70)91-49-61-34-16-4-17-35-61)102-105(86,87)101-72-69(57-90-48-60-32-14-3-15-33-60)99-81(78(96-54-66-44-26-9-27-45-66)75(72)93-51-63-38-20-6-21-39-63)103-104(84,85)100-71-68(56-89-47-59-30-12-2-13-31-59)97-79(83)76(94-52-64-40-22-7-23-41-64)74(71)92-50-62-36-18-5-19-37-62;2*1-4-7(5-2)6-3/h1-45,67-83H,46-57H2,(H,84,85)(H,86,87);2*4-6H2,1-3H3/t67-,68-,69-,70-,71-,72-,73+,74+,75+,76-,77-,78-,79?,80-,81-;;/m1../s1. The molecule has 0 radical (unpaired) electrons. The minimum absolute atomic E-state index is 0.0206. The number of aliphatic hydroxyl groups excluding tert-OH is 2. The minimum Gasteiger partial charge on any atom is -0.387 e. The summed E-state index contributed by atoms with van der Waals surface area (Å²) in [5.41, 5.74) is 6.58. The molecule has 3 saturated heterocycles. The second-order valence-corrected chi connectivity index (χ2v) is 31.5. The van der Waals surface area contributed by atoms with E-state index >= 15 is 9.13 Å². The summed E-state index contributed by atoms with van der Waals surface area (Å²) in [6.45, 7) is 18.8. The summed E-state index contributed by atoms with van der Waals surface area (Å²) in [7, 11) is -11.3. The second-order valence-electron chi connectivity index (χ2n) is 28.7. The zero-order valence-corrected chi connectivity index (χ0v) is 70.6. The number of nitrogens with zero attached hydrogens (tertiary/aromatic N) is 2. The molecule has 9 aromatic rings. The highest BCUT2D eigenvalue weighted by molar-refractivity contribution is 7.47. The van der Waals surface area contributed by atoms with E-state index in [1.54, 1.807) is 48.5 Å². The number of rotatable bonds is 44. The first-order chi connectivity index (χ1) is 58.0. The fourth-order valence-electron chi connectivity index (χ4n) is 13.8. The molecule has 4 N–H and O–H groups in total. The average Bonchev–Trinajstić information content (AvgIpc) is 0.794. The Bertz CT molecular complexity index is 4240. The highest BCUT2D eigenvalue weighted by Crippen LogP contribution is 2.54. The molecule has 26 heteroatoms. The maximum Gasteiger partial charge on any atom is 0.475 e. The van der Waals surface area contributed by atoms with Crippen molar-refractivity contribution in [2.75, 3.05) is 59.1 Å². The Balaban J connectivity index is 0.000000977. The van der Waals surface area contributed by atoms with Crippen molar-refractivity contribution in [2.24, 2.45) is 0 Å². The van der Waals surface area contributed by atoms with Gasteiger partial charge in [0.05, 0.1) is 79.3 Å². The zero-order chi connectivity index (χ0) is 83.9. The highest BCUT2D eigenvalue weighted by Gasteiger charge is 2.57. The van der Waals surface area contributed by atoms with E-state index in [4.69, 9.17) is 74.9 Å². The lowest BCUT2D eigenvalue weighted by molar-refractivity contribution is -0.317. The number of hydrogen-bond acceptors (Lipinski definition) is 22. The number of phosphoric acid groups is 2. The number of benzene rings is 9. The van der Waals surface area contributed by atoms with Gasteiger partial charge in [-0.2, -0.15) is 0 Å². The van der Waals surface area contributed by atoms with E-state index in [9.17, 15) is 20.0 Å². The van der Waals surface area contributed by atoms with Gasteiger partial charge in [-0.25, -0.2) is 9.13 Å². The summed E-state index contributed by atoms with van der Waals surface area (Å²) >= 11 is 0. The van der Waals surface area contributed by atoms with E-state index in [2.05, 4.69) is 51.3 Å². The third-order valence-corrected chi connectivity index (χ3v) is 22.3. The molecular formula is C93H118N2O22P2. The fraction of sp³-hybridized carbons (Fsp3) is 0.419. The molecule has 12 rings (SSSR count). The first-order valence-corrected chi connectivity index (χ1v) is 44.0. The van der Waals surface area contributed by atoms with E-state index in [0.717, 1.165) is 33.4 Å². The van der Waals surface area contributed by atoms with Gasteiger partial charge < -0.3 is 86.6 Å². The van der Waals surface area contributed by atoms with Crippen LogP contribution in [0, 0.1) is 0 Å². The lowest BCUT2D eigenvalue weighted by atomic mass is 9.98. The molecular weight excluding hydrogens is 1560 g/mol. The normalized spacial score (nSPS) is 24.1. The van der Waals surface area contributed by atoms with Crippen molar-refractivity contribution in [3.8, 4) is 0 Å². The lowest BCUT2D eigenvalue weighted by Crippen LogP contribution is -2.62. The quantitative estimate of drug-likeness (QED) is 0.0258. The van der Waals surface area contributed by atoms with Crippen LogP contribution in [0.4, 0.5) is 0 Å². The van der Waals surface area contributed by atoms with Crippen LogP contribution in [0.2, 0.25) is 0 Å². The van der Waals surface area contributed by atoms with Crippen molar-refractivity contribution in [1.82, 2.24) is 9.80 Å². The summed E-state index contributed by atoms with van der Waals surface area (Å²) in [6, 6.07) is 82.7. The largest absolute Gasteiger partial charge is 0.475 e. The minimum atomic E-state index is -5.64. The first-order valence-electron chi connectivity index (χ1n) is 41.0. The molecule has 9 aromatic carbocycles. The summed E-state index contributed by atoms with van der Waals surface area (Å²) in [6.07, 6.45) is -23.2. The van der Waals surface area contributed by atoms with Gasteiger partial charge in [0.25, 0.3) is 0 Å². The van der Waals surface area contributed by atoms with Crippen molar-refractivity contribution in [3.63, 3.8) is 0 Å². The van der Waals surface area contributed by atoms with E-state index in [-0.39, 0.29) is 72.7 Å². The summed E-state index contributed by atoms with van der Waals surface area (Å²) in [4.78, 5) is 30.2. The van der Waals surface area contributed by atoms with Crippen molar-refractivity contribution in [3.05, 3.63) is 323 Å². The van der Waals surface area contributed by atoms with Crippen LogP contribution < -0.4 is 0 Å². The van der Waals surface area contributed by atoms with Crippen LogP contribution >= 0.6 is 15.6 Å². The maximum absolute atomic E-state index is 15.7. The van der Waals surface area contributed by atoms with E-state index in [0.29, 0.717) is 16.7 Å². The Morgan fingerprint density at radius 2 is 0.487 bits per heavy atom. The molecule has 3 aliphatic heterocycles. The molecule has 3 unspecified atom stereocenters. The number of phosphoric ester groups is 2. The Labute approximate surface area is 701 Å². The Hall–Kier alpha value is -7.44. The molecule has 3 heterocycles. The Kier molecular flexibility index (Phi) is 40.1. The van der Waals surface area contributed by atoms with Crippen molar-refractivity contribution < 1.29 is 104 Å². The molecule has 24 nitrogen and oxygen atoms in total. The molecule has 642 valence electrons. The van der Waals surface area contributed by atoms with Crippen LogP contribution in [-0.2, 0) is 144 Å². The van der Waals surface area contributed by atoms with Gasteiger partial charge in [-0.15, -0.1) is 0 Å². The van der Waals surface area contributed by atoms with Crippen LogP contribution in [0.15, 0.2) is 273 Å². The van der Waals surface area contributed by atoms with Crippen molar-refractivity contribution in [1.29, 1.82) is 0 Å². The third kappa shape index (κ3) is 31.1. The average molecular weight is 1680 g/mol. The predicted octanol–water partition coefficient (Wildman–Crippen LogP) is 15.4. The van der Waals surface area contributed by atoms with Gasteiger partial charge in [-0.05, 0) is 89.3 Å². The molecule has 17 atom stereocenters. The van der Waals surface area contributed by atoms with Gasteiger partial charge in [-0.1, -0.05) is 315 Å². The smallest absolute Gasteiger partial charge is 0.387 e. The summed E-state index contributed by atoms with van der Waals surface area (Å²) < 4.78 is 135. The second kappa shape index (κ2) is 50.8. The van der Waals surface area contributed by atoms with Gasteiger partial charge in [0.1, 0.15) is 73.2 Å². The lowest BCUT2D eigenvalue weighted by Gasteiger charge is -2.47. The molecule has 0 aromatic heterocycles. The van der Waals surface area contributed by atoms with Crippen LogP contribution in [0.3, 0.4) is 0 Å². The molecule has 0 saturated carbocycles. The number of hydrogen-bond donors (Lipinski definition) is 4. The third-order valence-electron chi connectivity index (χ3n) is 20.4. The van der Waals surface area contributed by atoms with E-state index in [1.807, 2.05) is 224 Å². The molecule has 0 aliphatic carbocycles. The number of aliphatic hydroxyl groups is 2. The van der Waals surface area contributed by atoms with Gasteiger partial charge in [0, 0.05) is 0 Å². The van der Waals surface area contributed by atoms with E-state index in [1.165, 1.54) is 39.3 Å². The van der Waals surface area contributed by atoms with Crippen LogP contribution in [-0.4, -0.2) is 181 Å². The molecule has 0 amide bonds. The monoisotopic (exact) mass is 1680 g/mol. The molecule has 0 bridgehead atoms. The van der Waals surface area contributed by atoms with Gasteiger partial charge in [0.2, 0.25) is 0 Å². The fourth-order valence-corrected chi connectivity index (χ4v) is 15.8. The maximum atomic E-state index is 15.7. The molecule has 3 fully saturated rings. The molecule has 3 aliphatic rings. The summed E-state index contributed by atoms with van der Waals surface area (Å²) in [5, 5.41) is 24.3. The predicted molar refractivity (Wildman–Crippen MR) is 451 cm³/mol. The summed E-state index contributed by atoms with van der Waals surface area (Å²) in [5.74, 6) is 0. The molecule has 119 heavy (non-hydrogen) atoms. The van der Waals surface area contributed by atoms with Crippen molar-refractivity contribution >= 4 is 15.6 Å². The van der Waals surface area contributed by atoms with Crippen LogP contribution in [0.1, 0.15) is 91.6 Å². The van der Waals surface area contributed by atoms with Gasteiger partial charge in [-0.3, -0.25) is 18.1 Å². The first kappa shape index (κ1) is 93.8. The topological polar surface area (TPSA) is 269 Å². The number of ether oxygens (including phenoxy) is 12. The SMILES string of the molecule is CCN(CC)CC.CCN(CC)CC.O=P(O)(O[C@H]1O[C@H](COCc2ccccc2)[C@@H](O)[C@H](OCc2ccccc2)[C@H]1OCc1ccccc1)O[C@H]1[C@H](OCc2ccccc2)[C@@H](OCc2ccccc2)[C@@H](OP(=O)(O)O[C@H]2[C@H](OCc3ccccc3)[C@@H](OCc3ccccc3)C(O)O[C@@H]2COCc2ccccc2)O[C@@H]1COCc1ccccc1. The van der Waals surface area contributed by atoms with Crippen molar-refractivity contribution in [2.45, 2.75) is 193 Å². The van der Waals surface area contributed by atoms with Crippen LogP contribution in [0.5, 0.6) is 0 Å². The van der Waals surface area contributed by atoms with E-state index < -0.39 is 114 Å².